The molecule has 0 saturated carbocycles. The SMILES string of the molecule is Cc1cc(C)c(C(NN)C2CN3CCCC3CO2)c(F)c1. The first-order chi connectivity index (χ1) is 10.1. The second-order valence-electron chi connectivity index (χ2n) is 6.28. The summed E-state index contributed by atoms with van der Waals surface area (Å²) in [7, 11) is 0. The molecule has 0 spiro atoms. The number of halogens is 1. The van der Waals surface area contributed by atoms with Gasteiger partial charge in [-0.2, -0.15) is 0 Å². The molecule has 1 aromatic rings. The number of ether oxygens (including phenoxy) is 1. The molecule has 3 unspecified atom stereocenters. The van der Waals surface area contributed by atoms with Crippen LogP contribution in [-0.4, -0.2) is 36.7 Å². The Hall–Kier alpha value is -1.01. The molecule has 3 rings (SSSR count). The van der Waals surface area contributed by atoms with E-state index >= 15 is 0 Å². The lowest BCUT2D eigenvalue weighted by molar-refractivity contribution is -0.0658. The van der Waals surface area contributed by atoms with E-state index in [9.17, 15) is 4.39 Å². The van der Waals surface area contributed by atoms with Gasteiger partial charge in [-0.3, -0.25) is 16.2 Å². The summed E-state index contributed by atoms with van der Waals surface area (Å²) in [4.78, 5) is 2.44. The summed E-state index contributed by atoms with van der Waals surface area (Å²) < 4.78 is 20.4. The van der Waals surface area contributed by atoms with Crippen LogP contribution in [0.1, 0.15) is 35.6 Å². The molecule has 2 aliphatic rings. The van der Waals surface area contributed by atoms with Crippen LogP contribution in [0.2, 0.25) is 0 Å². The molecule has 5 heteroatoms. The maximum absolute atomic E-state index is 14.4. The van der Waals surface area contributed by atoms with Crippen molar-refractivity contribution < 1.29 is 9.13 Å². The summed E-state index contributed by atoms with van der Waals surface area (Å²) in [5, 5.41) is 0. The molecule has 116 valence electrons. The molecule has 0 aliphatic carbocycles. The maximum Gasteiger partial charge on any atom is 0.128 e. The number of hydrazine groups is 1. The number of hydrogen-bond acceptors (Lipinski definition) is 4. The van der Waals surface area contributed by atoms with Gasteiger partial charge in [-0.1, -0.05) is 6.07 Å². The van der Waals surface area contributed by atoms with Crippen LogP contribution in [0.15, 0.2) is 12.1 Å². The van der Waals surface area contributed by atoms with Gasteiger partial charge in [0.1, 0.15) is 5.82 Å². The normalized spacial score (nSPS) is 27.6. The van der Waals surface area contributed by atoms with Gasteiger partial charge in [0.25, 0.3) is 0 Å². The first-order valence-corrected chi connectivity index (χ1v) is 7.68. The highest BCUT2D eigenvalue weighted by atomic mass is 19.1. The molecular formula is C16H24FN3O. The first-order valence-electron chi connectivity index (χ1n) is 7.68. The zero-order valence-corrected chi connectivity index (χ0v) is 12.7. The molecule has 0 radical (unpaired) electrons. The Morgan fingerprint density at radius 2 is 2.24 bits per heavy atom. The van der Waals surface area contributed by atoms with Crippen molar-refractivity contribution in [3.8, 4) is 0 Å². The molecule has 0 bridgehead atoms. The number of nitrogens with one attached hydrogen (secondary N) is 1. The fraction of sp³-hybridized carbons (Fsp3) is 0.625. The van der Waals surface area contributed by atoms with Crippen molar-refractivity contribution in [2.75, 3.05) is 19.7 Å². The van der Waals surface area contributed by atoms with Gasteiger partial charge in [-0.05, 0) is 50.4 Å². The third-order valence-electron chi connectivity index (χ3n) is 4.76. The Morgan fingerprint density at radius 3 is 2.95 bits per heavy atom. The average Bonchev–Trinajstić information content (AvgIpc) is 2.89. The van der Waals surface area contributed by atoms with E-state index in [1.165, 1.54) is 12.8 Å². The lowest BCUT2D eigenvalue weighted by atomic mass is 9.94. The molecule has 0 amide bonds. The van der Waals surface area contributed by atoms with Gasteiger partial charge in [0.2, 0.25) is 0 Å². The predicted molar refractivity (Wildman–Crippen MR) is 80.3 cm³/mol. The minimum absolute atomic E-state index is 0.111. The number of hydrogen-bond donors (Lipinski definition) is 2. The molecule has 21 heavy (non-hydrogen) atoms. The molecule has 4 nitrogen and oxygen atoms in total. The lowest BCUT2D eigenvalue weighted by Gasteiger charge is -2.39. The Labute approximate surface area is 125 Å². The van der Waals surface area contributed by atoms with E-state index < -0.39 is 0 Å². The summed E-state index contributed by atoms with van der Waals surface area (Å²) in [5.74, 6) is 5.53. The zero-order chi connectivity index (χ0) is 15.0. The summed E-state index contributed by atoms with van der Waals surface area (Å²) in [6.07, 6.45) is 2.31. The van der Waals surface area contributed by atoms with E-state index in [4.69, 9.17) is 10.6 Å². The number of morpholine rings is 1. The van der Waals surface area contributed by atoms with Crippen molar-refractivity contribution in [2.24, 2.45) is 5.84 Å². The number of benzene rings is 1. The van der Waals surface area contributed by atoms with E-state index in [1.54, 1.807) is 6.07 Å². The molecular weight excluding hydrogens is 269 g/mol. The third-order valence-corrected chi connectivity index (χ3v) is 4.76. The van der Waals surface area contributed by atoms with Crippen molar-refractivity contribution in [3.63, 3.8) is 0 Å². The van der Waals surface area contributed by atoms with Crippen LogP contribution >= 0.6 is 0 Å². The van der Waals surface area contributed by atoms with Crippen LogP contribution in [0.4, 0.5) is 4.39 Å². The lowest BCUT2D eigenvalue weighted by Crippen LogP contribution is -2.52. The van der Waals surface area contributed by atoms with E-state index in [1.807, 2.05) is 19.9 Å². The summed E-state index contributed by atoms with van der Waals surface area (Å²) in [6, 6.07) is 3.77. The molecule has 2 heterocycles. The number of rotatable bonds is 3. The number of nitrogens with zero attached hydrogens (tertiary/aromatic N) is 1. The fourth-order valence-corrected chi connectivity index (χ4v) is 3.74. The monoisotopic (exact) mass is 293 g/mol. The summed E-state index contributed by atoms with van der Waals surface area (Å²) >= 11 is 0. The molecule has 1 aromatic carbocycles. The van der Waals surface area contributed by atoms with Gasteiger partial charge in [0.05, 0.1) is 18.8 Å². The quantitative estimate of drug-likeness (QED) is 0.659. The molecule has 0 aromatic heterocycles. The minimum Gasteiger partial charge on any atom is -0.373 e. The molecule has 2 fully saturated rings. The second kappa shape index (κ2) is 6.01. The summed E-state index contributed by atoms with van der Waals surface area (Å²) in [5.41, 5.74) is 5.25. The van der Waals surface area contributed by atoms with Gasteiger partial charge < -0.3 is 4.74 Å². The Kier molecular flexibility index (Phi) is 4.26. The molecule has 2 saturated heterocycles. The largest absolute Gasteiger partial charge is 0.373 e. The van der Waals surface area contributed by atoms with Gasteiger partial charge in [0, 0.05) is 18.2 Å². The summed E-state index contributed by atoms with van der Waals surface area (Å²) in [6.45, 7) is 6.47. The van der Waals surface area contributed by atoms with Crippen molar-refractivity contribution in [1.29, 1.82) is 0 Å². The standard InChI is InChI=1S/C16H24FN3O/c1-10-6-11(2)15(13(17)7-10)16(19-18)14-8-20-5-3-4-12(20)9-21-14/h6-7,12,14,16,19H,3-5,8-9,18H2,1-2H3. The van der Waals surface area contributed by atoms with Gasteiger partial charge in [-0.15, -0.1) is 0 Å². The van der Waals surface area contributed by atoms with Crippen molar-refractivity contribution in [2.45, 2.75) is 44.9 Å². The van der Waals surface area contributed by atoms with Crippen LogP contribution in [-0.2, 0) is 4.74 Å². The van der Waals surface area contributed by atoms with E-state index in [2.05, 4.69) is 10.3 Å². The van der Waals surface area contributed by atoms with Crippen molar-refractivity contribution >= 4 is 0 Å². The Morgan fingerprint density at radius 1 is 1.43 bits per heavy atom. The second-order valence-corrected chi connectivity index (χ2v) is 6.28. The molecule has 3 atom stereocenters. The van der Waals surface area contributed by atoms with Gasteiger partial charge >= 0.3 is 0 Å². The van der Waals surface area contributed by atoms with Crippen molar-refractivity contribution in [3.05, 3.63) is 34.6 Å². The first kappa shape index (κ1) is 14.9. The van der Waals surface area contributed by atoms with Crippen LogP contribution in [0, 0.1) is 19.7 Å². The van der Waals surface area contributed by atoms with Crippen LogP contribution in [0.5, 0.6) is 0 Å². The highest BCUT2D eigenvalue weighted by molar-refractivity contribution is 5.35. The van der Waals surface area contributed by atoms with Crippen LogP contribution in [0.25, 0.3) is 0 Å². The van der Waals surface area contributed by atoms with E-state index in [-0.39, 0.29) is 18.0 Å². The Balaban J connectivity index is 1.85. The number of nitrogens with two attached hydrogens (primary N) is 1. The van der Waals surface area contributed by atoms with E-state index in [0.29, 0.717) is 11.6 Å². The predicted octanol–water partition coefficient (Wildman–Crippen LogP) is 1.81. The Bertz CT molecular complexity index is 499. The van der Waals surface area contributed by atoms with Crippen molar-refractivity contribution in [1.82, 2.24) is 10.3 Å². The highest BCUT2D eigenvalue weighted by Crippen LogP contribution is 2.31. The van der Waals surface area contributed by atoms with Gasteiger partial charge in [0.15, 0.2) is 0 Å². The van der Waals surface area contributed by atoms with Crippen LogP contribution < -0.4 is 11.3 Å². The molecule has 3 N–H and O–H groups in total. The minimum atomic E-state index is -0.313. The smallest absolute Gasteiger partial charge is 0.128 e. The van der Waals surface area contributed by atoms with E-state index in [0.717, 1.165) is 30.8 Å². The fourth-order valence-electron chi connectivity index (χ4n) is 3.74. The zero-order valence-electron chi connectivity index (χ0n) is 12.7. The number of aryl methyl sites for hydroxylation is 2. The topological polar surface area (TPSA) is 50.5 Å². The third kappa shape index (κ3) is 2.83. The number of fused-ring (bicyclic) bond motifs is 1. The van der Waals surface area contributed by atoms with Crippen LogP contribution in [0.3, 0.4) is 0 Å². The average molecular weight is 293 g/mol. The molecule has 2 aliphatic heterocycles. The maximum atomic E-state index is 14.4. The highest BCUT2D eigenvalue weighted by Gasteiger charge is 2.37. The van der Waals surface area contributed by atoms with Gasteiger partial charge in [-0.25, -0.2) is 4.39 Å².